The van der Waals surface area contributed by atoms with E-state index >= 15 is 0 Å². The van der Waals surface area contributed by atoms with Crippen LogP contribution in [0, 0.1) is 0 Å². The second-order valence-corrected chi connectivity index (χ2v) is 8.31. The minimum absolute atomic E-state index is 0. The Morgan fingerprint density at radius 3 is 2.70 bits per heavy atom. The Bertz CT molecular complexity index is 807. The summed E-state index contributed by atoms with van der Waals surface area (Å²) in [6.07, 6.45) is 3.15. The molecule has 2 aromatic rings. The van der Waals surface area contributed by atoms with Gasteiger partial charge in [0.05, 0.1) is 24.8 Å². The van der Waals surface area contributed by atoms with Crippen LogP contribution >= 0.6 is 35.3 Å². The van der Waals surface area contributed by atoms with E-state index in [1.807, 2.05) is 23.5 Å². The van der Waals surface area contributed by atoms with Gasteiger partial charge in [-0.25, -0.2) is 4.99 Å². The lowest BCUT2D eigenvalue weighted by atomic mass is 10.1. The summed E-state index contributed by atoms with van der Waals surface area (Å²) in [4.78, 5) is 7.28. The van der Waals surface area contributed by atoms with Crippen LogP contribution in [-0.4, -0.2) is 44.8 Å². The van der Waals surface area contributed by atoms with Gasteiger partial charge in [-0.2, -0.15) is 0 Å². The Labute approximate surface area is 200 Å². The van der Waals surface area contributed by atoms with Crippen LogP contribution in [0.5, 0.6) is 11.5 Å². The largest absolute Gasteiger partial charge is 0.490 e. The third kappa shape index (κ3) is 6.16. The minimum Gasteiger partial charge on any atom is -0.490 e. The summed E-state index contributed by atoms with van der Waals surface area (Å²) < 4.78 is 11.5. The molecule has 0 radical (unpaired) electrons. The van der Waals surface area contributed by atoms with E-state index in [2.05, 4.69) is 46.0 Å². The average Bonchev–Trinajstić information content (AvgIpc) is 3.18. The Kier molecular flexibility index (Phi) is 8.92. The predicted octanol–water partition coefficient (Wildman–Crippen LogP) is 4.25. The van der Waals surface area contributed by atoms with Gasteiger partial charge < -0.3 is 25.0 Å². The molecule has 1 fully saturated rings. The van der Waals surface area contributed by atoms with Gasteiger partial charge in [-0.15, -0.1) is 35.3 Å². The molecule has 2 aliphatic heterocycles. The Hall–Kier alpha value is -1.68. The normalized spacial score (nSPS) is 17.1. The predicted molar refractivity (Wildman–Crippen MR) is 135 cm³/mol. The molecule has 1 aromatic heterocycles. The minimum atomic E-state index is 0. The number of thiophene rings is 1. The molecule has 30 heavy (non-hydrogen) atoms. The molecule has 1 aromatic carbocycles. The quantitative estimate of drug-likeness (QED) is 0.336. The molecule has 4 rings (SSSR count). The first-order valence-electron chi connectivity index (χ1n) is 10.5. The number of nitrogens with one attached hydrogen (secondary N) is 2. The van der Waals surface area contributed by atoms with Crippen molar-refractivity contribution < 1.29 is 9.47 Å². The van der Waals surface area contributed by atoms with Crippen LogP contribution in [0.15, 0.2) is 40.7 Å². The Balaban J connectivity index is 0.00000256. The van der Waals surface area contributed by atoms with Gasteiger partial charge in [-0.05, 0) is 55.0 Å². The summed E-state index contributed by atoms with van der Waals surface area (Å²) in [7, 11) is 0. The van der Waals surface area contributed by atoms with Gasteiger partial charge in [0.25, 0.3) is 0 Å². The lowest BCUT2D eigenvalue weighted by Crippen LogP contribution is -2.48. The fraction of sp³-hybridized carbons (Fsp3) is 0.500. The second-order valence-electron chi connectivity index (χ2n) is 7.38. The van der Waals surface area contributed by atoms with Gasteiger partial charge in [0.2, 0.25) is 0 Å². The summed E-state index contributed by atoms with van der Waals surface area (Å²) in [6, 6.07) is 10.9. The third-order valence-electron chi connectivity index (χ3n) is 5.23. The molecular formula is C22H31IN4O2S. The number of ether oxygens (including phenoxy) is 2. The zero-order chi connectivity index (χ0) is 19.9. The maximum atomic E-state index is 5.80. The second kappa shape index (κ2) is 11.6. The van der Waals surface area contributed by atoms with E-state index in [0.717, 1.165) is 61.9 Å². The van der Waals surface area contributed by atoms with E-state index < -0.39 is 0 Å². The van der Waals surface area contributed by atoms with Gasteiger partial charge in [0.1, 0.15) is 0 Å². The molecule has 3 heterocycles. The van der Waals surface area contributed by atoms with Gasteiger partial charge in [0.15, 0.2) is 17.5 Å². The van der Waals surface area contributed by atoms with Crippen molar-refractivity contribution in [1.82, 2.24) is 10.6 Å². The molecule has 0 aliphatic carbocycles. The summed E-state index contributed by atoms with van der Waals surface area (Å²) in [5.41, 5.74) is 1.12. The number of guanidine groups is 1. The highest BCUT2D eigenvalue weighted by Crippen LogP contribution is 2.30. The van der Waals surface area contributed by atoms with Crippen LogP contribution in [0.25, 0.3) is 0 Å². The van der Waals surface area contributed by atoms with E-state index in [9.17, 15) is 0 Å². The number of piperidine rings is 1. The lowest BCUT2D eigenvalue weighted by Gasteiger charge is -2.33. The molecule has 0 bridgehead atoms. The number of benzene rings is 1. The molecular weight excluding hydrogens is 511 g/mol. The first kappa shape index (κ1) is 23.0. The van der Waals surface area contributed by atoms with Gasteiger partial charge in [-0.3, -0.25) is 0 Å². The van der Waals surface area contributed by atoms with Crippen LogP contribution in [0.1, 0.15) is 31.7 Å². The van der Waals surface area contributed by atoms with Crippen molar-refractivity contribution in [3.63, 3.8) is 0 Å². The Morgan fingerprint density at radius 2 is 1.97 bits per heavy atom. The van der Waals surface area contributed by atoms with Gasteiger partial charge in [-0.1, -0.05) is 6.07 Å². The molecule has 0 saturated carbocycles. The number of aliphatic imine (C=N–C) groups is 1. The summed E-state index contributed by atoms with van der Waals surface area (Å²) in [5.74, 6) is 2.54. The van der Waals surface area contributed by atoms with Crippen LogP contribution in [-0.2, 0) is 6.54 Å². The maximum absolute atomic E-state index is 5.80. The number of hydrogen-bond donors (Lipinski definition) is 2. The summed E-state index contributed by atoms with van der Waals surface area (Å²) >= 11 is 1.82. The van der Waals surface area contributed by atoms with Crippen LogP contribution in [0.3, 0.4) is 0 Å². The Morgan fingerprint density at radius 1 is 1.17 bits per heavy atom. The molecule has 2 aliphatic rings. The zero-order valence-corrected chi connectivity index (χ0v) is 20.6. The van der Waals surface area contributed by atoms with Crippen LogP contribution in [0.2, 0.25) is 0 Å². The van der Waals surface area contributed by atoms with Crippen molar-refractivity contribution in [3.05, 3.63) is 41.3 Å². The monoisotopic (exact) mass is 542 g/mol. The van der Waals surface area contributed by atoms with Crippen molar-refractivity contribution in [2.75, 3.05) is 37.7 Å². The number of rotatable bonds is 5. The first-order chi connectivity index (χ1) is 14.3. The standard InChI is InChI=1S/C22H30N4O2S.HI/c1-2-23-22(25-18-8-10-26(11-9-18)21-5-3-14-29-21)24-16-17-6-7-19-20(15-17)28-13-4-12-27-19;/h3,5-7,14-15,18H,2,4,8-13,16H2,1H3,(H2,23,24,25);1H. The van der Waals surface area contributed by atoms with E-state index in [1.54, 1.807) is 0 Å². The highest BCUT2D eigenvalue weighted by molar-refractivity contribution is 14.0. The molecule has 0 amide bonds. The van der Waals surface area contributed by atoms with E-state index in [1.165, 1.54) is 5.00 Å². The topological polar surface area (TPSA) is 58.1 Å². The van der Waals surface area contributed by atoms with E-state index in [4.69, 9.17) is 14.5 Å². The first-order valence-corrected chi connectivity index (χ1v) is 11.4. The van der Waals surface area contributed by atoms with Crippen molar-refractivity contribution in [1.29, 1.82) is 0 Å². The fourth-order valence-electron chi connectivity index (χ4n) is 3.68. The van der Waals surface area contributed by atoms with Gasteiger partial charge in [0, 0.05) is 32.1 Å². The molecule has 0 atom stereocenters. The third-order valence-corrected chi connectivity index (χ3v) is 6.16. The summed E-state index contributed by atoms with van der Waals surface area (Å²) in [5, 5.41) is 10.5. The SMILES string of the molecule is CCNC(=NCc1ccc2c(c1)OCCCO2)NC1CCN(c2cccs2)CC1.I. The van der Waals surface area contributed by atoms with Crippen molar-refractivity contribution in [2.45, 2.75) is 38.8 Å². The van der Waals surface area contributed by atoms with Crippen LogP contribution in [0.4, 0.5) is 5.00 Å². The maximum Gasteiger partial charge on any atom is 0.191 e. The smallest absolute Gasteiger partial charge is 0.191 e. The van der Waals surface area contributed by atoms with E-state index in [0.29, 0.717) is 25.8 Å². The van der Waals surface area contributed by atoms with Crippen molar-refractivity contribution in [3.8, 4) is 11.5 Å². The van der Waals surface area contributed by atoms with Crippen molar-refractivity contribution in [2.24, 2.45) is 4.99 Å². The van der Waals surface area contributed by atoms with Crippen LogP contribution < -0.4 is 25.0 Å². The molecule has 164 valence electrons. The molecule has 6 nitrogen and oxygen atoms in total. The zero-order valence-electron chi connectivity index (χ0n) is 17.4. The highest BCUT2D eigenvalue weighted by Gasteiger charge is 2.20. The van der Waals surface area contributed by atoms with E-state index in [-0.39, 0.29) is 24.0 Å². The van der Waals surface area contributed by atoms with Gasteiger partial charge >= 0.3 is 0 Å². The number of halogens is 1. The number of nitrogens with zero attached hydrogens (tertiary/aromatic N) is 2. The molecule has 2 N–H and O–H groups in total. The average molecular weight is 542 g/mol. The number of anilines is 1. The fourth-order valence-corrected chi connectivity index (χ4v) is 4.47. The molecule has 1 saturated heterocycles. The number of fused-ring (bicyclic) bond motifs is 1. The number of hydrogen-bond acceptors (Lipinski definition) is 5. The molecule has 0 unspecified atom stereocenters. The molecule has 0 spiro atoms. The van der Waals surface area contributed by atoms with Crippen molar-refractivity contribution >= 4 is 46.3 Å². The highest BCUT2D eigenvalue weighted by atomic mass is 127. The lowest BCUT2D eigenvalue weighted by molar-refractivity contribution is 0.297. The molecule has 8 heteroatoms. The summed E-state index contributed by atoms with van der Waals surface area (Å²) in [6.45, 7) is 7.14.